The van der Waals surface area contributed by atoms with Gasteiger partial charge in [-0.1, -0.05) is 6.07 Å². The molecule has 10 nitrogen and oxygen atoms in total. The predicted octanol–water partition coefficient (Wildman–Crippen LogP) is 2.71. The first-order chi connectivity index (χ1) is 15.4. The summed E-state index contributed by atoms with van der Waals surface area (Å²) in [6.45, 7) is 1.72. The van der Waals surface area contributed by atoms with Crippen molar-refractivity contribution in [1.82, 2.24) is 24.9 Å². The summed E-state index contributed by atoms with van der Waals surface area (Å²) in [6.07, 6.45) is 4.69. The highest BCUT2D eigenvalue weighted by molar-refractivity contribution is 7.89. The number of hydrogen-bond acceptors (Lipinski definition) is 8. The third-order valence-electron chi connectivity index (χ3n) is 5.42. The van der Waals surface area contributed by atoms with Crippen LogP contribution in [0.2, 0.25) is 0 Å². The van der Waals surface area contributed by atoms with Crippen molar-refractivity contribution in [3.63, 3.8) is 0 Å². The van der Waals surface area contributed by atoms with Crippen LogP contribution in [0.1, 0.15) is 24.3 Å². The molecular weight excluding hydrogens is 430 g/mol. The molecule has 3 N–H and O–H groups in total. The van der Waals surface area contributed by atoms with E-state index in [2.05, 4.69) is 30.2 Å². The Morgan fingerprint density at radius 2 is 2.06 bits per heavy atom. The summed E-state index contributed by atoms with van der Waals surface area (Å²) < 4.78 is 33.7. The van der Waals surface area contributed by atoms with Crippen molar-refractivity contribution >= 4 is 26.7 Å². The van der Waals surface area contributed by atoms with E-state index in [4.69, 9.17) is 9.68 Å². The fourth-order valence-electron chi connectivity index (χ4n) is 3.79. The zero-order valence-corrected chi connectivity index (χ0v) is 17.8. The molecule has 1 aliphatic rings. The average molecular weight is 449 g/mol. The molecule has 1 fully saturated rings. The number of fused-ring (bicyclic) bond motifs is 1. The Labute approximate surface area is 183 Å². The van der Waals surface area contributed by atoms with Crippen LogP contribution in [0.5, 0.6) is 0 Å². The van der Waals surface area contributed by atoms with Crippen LogP contribution < -0.4 is 10.0 Å². The highest BCUT2D eigenvalue weighted by Crippen LogP contribution is 2.36. The topological polar surface area (TPSA) is 150 Å². The first-order valence-corrected chi connectivity index (χ1v) is 11.5. The molecule has 32 heavy (non-hydrogen) atoms. The molecule has 4 aromatic rings. The molecular formula is C21H19N7O3S. The van der Waals surface area contributed by atoms with Crippen molar-refractivity contribution in [2.45, 2.75) is 36.7 Å². The van der Waals surface area contributed by atoms with Crippen molar-refractivity contribution in [2.24, 2.45) is 0 Å². The lowest BCUT2D eigenvalue weighted by Gasteiger charge is -2.37. The zero-order valence-electron chi connectivity index (χ0n) is 17.0. The van der Waals surface area contributed by atoms with E-state index in [-0.39, 0.29) is 17.0 Å². The highest BCUT2D eigenvalue weighted by atomic mass is 32.2. The fourth-order valence-corrected chi connectivity index (χ4v) is 5.09. The number of benzene rings is 1. The molecule has 11 heteroatoms. The standard InChI is InChI=1S/C21H19N7O3S/c1-12-26-27-21(31-12)18-11-24-20-17(5-6-23-20)19(18)25-14-8-15(9-14)28-32(29,30)16-4-2-3-13(7-16)10-22/h2-7,11,14-15,28H,8-9H2,1H3,(H2,23,24,25)/t14-,15+. The van der Waals surface area contributed by atoms with Gasteiger partial charge in [0.15, 0.2) is 0 Å². The minimum Gasteiger partial charge on any atom is -0.421 e. The van der Waals surface area contributed by atoms with Crippen LogP contribution in [-0.2, 0) is 10.0 Å². The molecule has 5 rings (SSSR count). The number of aryl methyl sites for hydroxylation is 1. The number of hydrogen-bond donors (Lipinski definition) is 3. The number of sulfonamides is 1. The summed E-state index contributed by atoms with van der Waals surface area (Å²) in [5.41, 5.74) is 2.53. The largest absolute Gasteiger partial charge is 0.421 e. The zero-order chi connectivity index (χ0) is 22.3. The van der Waals surface area contributed by atoms with Gasteiger partial charge in [0.05, 0.1) is 27.8 Å². The molecule has 0 amide bonds. The van der Waals surface area contributed by atoms with E-state index < -0.39 is 10.0 Å². The number of H-pyrrole nitrogens is 1. The van der Waals surface area contributed by atoms with Crippen LogP contribution in [0.3, 0.4) is 0 Å². The first kappa shape index (κ1) is 20.2. The molecule has 0 unspecified atom stereocenters. The second-order valence-electron chi connectivity index (χ2n) is 7.68. The number of aromatic nitrogens is 4. The van der Waals surface area contributed by atoms with Crippen LogP contribution in [0, 0.1) is 18.3 Å². The minimum absolute atomic E-state index is 0.0522. The summed E-state index contributed by atoms with van der Waals surface area (Å²) >= 11 is 0. The number of rotatable bonds is 6. The van der Waals surface area contributed by atoms with Gasteiger partial charge in [0.25, 0.3) is 5.89 Å². The Balaban J connectivity index is 1.32. The quantitative estimate of drug-likeness (QED) is 0.407. The molecule has 0 aliphatic heterocycles. The van der Waals surface area contributed by atoms with E-state index in [1.165, 1.54) is 12.1 Å². The lowest BCUT2D eigenvalue weighted by atomic mass is 9.87. The molecule has 3 aromatic heterocycles. The third kappa shape index (κ3) is 3.70. The number of nitrogens with one attached hydrogen (secondary N) is 3. The Hall–Kier alpha value is -3.75. The van der Waals surface area contributed by atoms with Crippen molar-refractivity contribution in [2.75, 3.05) is 5.32 Å². The van der Waals surface area contributed by atoms with Gasteiger partial charge in [-0.05, 0) is 37.1 Å². The molecule has 0 spiro atoms. The van der Waals surface area contributed by atoms with Crippen LogP contribution >= 0.6 is 0 Å². The summed E-state index contributed by atoms with van der Waals surface area (Å²) in [5, 5.41) is 21.4. The van der Waals surface area contributed by atoms with E-state index in [1.807, 2.05) is 12.1 Å². The number of anilines is 1. The van der Waals surface area contributed by atoms with Gasteiger partial charge in [-0.2, -0.15) is 5.26 Å². The maximum atomic E-state index is 12.7. The summed E-state index contributed by atoms with van der Waals surface area (Å²) in [4.78, 5) is 7.59. The van der Waals surface area contributed by atoms with Gasteiger partial charge in [-0.25, -0.2) is 18.1 Å². The number of nitrogens with zero attached hydrogens (tertiary/aromatic N) is 4. The summed E-state index contributed by atoms with van der Waals surface area (Å²) in [5.74, 6) is 0.827. The average Bonchev–Trinajstić information content (AvgIpc) is 3.41. The van der Waals surface area contributed by atoms with Gasteiger partial charge in [0.1, 0.15) is 5.65 Å². The van der Waals surface area contributed by atoms with Crippen LogP contribution in [0.4, 0.5) is 5.69 Å². The monoisotopic (exact) mass is 449 g/mol. The van der Waals surface area contributed by atoms with E-state index in [0.717, 1.165) is 16.7 Å². The molecule has 3 heterocycles. The number of pyridine rings is 1. The second-order valence-corrected chi connectivity index (χ2v) is 9.40. The molecule has 0 bridgehead atoms. The maximum absolute atomic E-state index is 12.7. The normalized spacial score (nSPS) is 18.2. The highest BCUT2D eigenvalue weighted by Gasteiger charge is 2.34. The van der Waals surface area contributed by atoms with Gasteiger partial charge in [0, 0.05) is 36.8 Å². The minimum atomic E-state index is -3.70. The number of nitriles is 1. The Kier molecular flexibility index (Phi) is 4.88. The van der Waals surface area contributed by atoms with Crippen LogP contribution in [0.25, 0.3) is 22.5 Å². The van der Waals surface area contributed by atoms with Gasteiger partial charge >= 0.3 is 0 Å². The molecule has 0 saturated heterocycles. The Bertz CT molecular complexity index is 1450. The van der Waals surface area contributed by atoms with Crippen molar-refractivity contribution in [3.05, 3.63) is 54.2 Å². The molecule has 0 radical (unpaired) electrons. The lowest BCUT2D eigenvalue weighted by molar-refractivity contribution is 0.346. The summed E-state index contributed by atoms with van der Waals surface area (Å²) in [7, 11) is -3.70. The van der Waals surface area contributed by atoms with Gasteiger partial charge in [0.2, 0.25) is 15.9 Å². The SMILES string of the molecule is Cc1nnc(-c2cnc3[nH]ccc3c2N[C@H]2C[C@@H](NS(=O)(=O)c3cccc(C#N)c3)C2)o1. The molecule has 162 valence electrons. The smallest absolute Gasteiger partial charge is 0.251 e. The van der Waals surface area contributed by atoms with Gasteiger partial charge < -0.3 is 14.7 Å². The predicted molar refractivity (Wildman–Crippen MR) is 116 cm³/mol. The van der Waals surface area contributed by atoms with E-state index in [1.54, 1.807) is 31.5 Å². The fraction of sp³-hybridized carbons (Fsp3) is 0.238. The van der Waals surface area contributed by atoms with Crippen molar-refractivity contribution < 1.29 is 12.8 Å². The Morgan fingerprint density at radius 3 is 2.81 bits per heavy atom. The van der Waals surface area contributed by atoms with Crippen molar-refractivity contribution in [1.29, 1.82) is 5.26 Å². The van der Waals surface area contributed by atoms with Gasteiger partial charge in [-0.15, -0.1) is 10.2 Å². The molecule has 1 saturated carbocycles. The number of aromatic amines is 1. The maximum Gasteiger partial charge on any atom is 0.251 e. The Morgan fingerprint density at radius 1 is 1.22 bits per heavy atom. The molecule has 0 atom stereocenters. The molecule has 1 aliphatic carbocycles. The third-order valence-corrected chi connectivity index (χ3v) is 6.94. The second kappa shape index (κ2) is 7.74. The van der Waals surface area contributed by atoms with Gasteiger partial charge in [-0.3, -0.25) is 0 Å². The van der Waals surface area contributed by atoms with Crippen molar-refractivity contribution in [3.8, 4) is 17.5 Å². The summed E-state index contributed by atoms with van der Waals surface area (Å²) in [6, 6.07) is 9.70. The van der Waals surface area contributed by atoms with E-state index in [0.29, 0.717) is 35.7 Å². The van der Waals surface area contributed by atoms with E-state index in [9.17, 15) is 8.42 Å². The van der Waals surface area contributed by atoms with Crippen LogP contribution in [0.15, 0.2) is 52.0 Å². The molecule has 1 aromatic carbocycles. The van der Waals surface area contributed by atoms with E-state index >= 15 is 0 Å². The first-order valence-electron chi connectivity index (χ1n) is 9.98. The van der Waals surface area contributed by atoms with Crippen LogP contribution in [-0.4, -0.2) is 40.7 Å². The lowest BCUT2D eigenvalue weighted by Crippen LogP contribution is -2.49.